The van der Waals surface area contributed by atoms with Gasteiger partial charge in [-0.1, -0.05) is 6.07 Å². The molecule has 0 bridgehead atoms. The predicted molar refractivity (Wildman–Crippen MR) is 108 cm³/mol. The molecule has 9 nitrogen and oxygen atoms in total. The maximum absolute atomic E-state index is 4.82. The van der Waals surface area contributed by atoms with Crippen LogP contribution in [0, 0.1) is 0 Å². The molecule has 0 spiro atoms. The van der Waals surface area contributed by atoms with Gasteiger partial charge in [-0.15, -0.1) is 10.2 Å². The number of hydrogen-bond acceptors (Lipinski definition) is 6. The van der Waals surface area contributed by atoms with Crippen LogP contribution in [0.3, 0.4) is 0 Å². The van der Waals surface area contributed by atoms with Crippen molar-refractivity contribution in [3.05, 3.63) is 48.7 Å². The molecular formula is C19H25N9. The third-order valence-corrected chi connectivity index (χ3v) is 4.73. The molecule has 1 fully saturated rings. The van der Waals surface area contributed by atoms with E-state index in [1.807, 2.05) is 34.9 Å². The van der Waals surface area contributed by atoms with Gasteiger partial charge in [0, 0.05) is 64.3 Å². The van der Waals surface area contributed by atoms with E-state index in [1.54, 1.807) is 12.4 Å². The normalized spacial score (nSPS) is 15.2. The third kappa shape index (κ3) is 4.03. The second kappa shape index (κ2) is 8.64. The highest BCUT2D eigenvalue weighted by atomic mass is 15.4. The lowest BCUT2D eigenvalue weighted by atomic mass is 10.3. The largest absolute Gasteiger partial charge is 0.357 e. The summed E-state index contributed by atoms with van der Waals surface area (Å²) in [5.74, 6) is 2.67. The standard InChI is InChI=1S/C19H25N9/c1-2-20-18(23-10-7-17-25-24-16-6-3-4-11-28(16)17)26-12-14-27(15-13-26)19-21-8-5-9-22-19/h3-6,8-9,11H,2,7,10,12-15H2,1H3,(H,20,23). The molecule has 1 aliphatic rings. The summed E-state index contributed by atoms with van der Waals surface area (Å²) in [6.07, 6.45) is 6.31. The minimum atomic E-state index is 0.667. The molecule has 0 aliphatic carbocycles. The second-order valence-corrected chi connectivity index (χ2v) is 6.55. The SMILES string of the molecule is CCNC(=NCCc1nnc2ccccn12)N1CCN(c2ncccn2)CC1. The van der Waals surface area contributed by atoms with Gasteiger partial charge < -0.3 is 15.1 Å². The summed E-state index contributed by atoms with van der Waals surface area (Å²) in [5.41, 5.74) is 0.868. The zero-order chi connectivity index (χ0) is 19.2. The Kier molecular flexibility index (Phi) is 5.60. The Morgan fingerprint density at radius 2 is 1.89 bits per heavy atom. The van der Waals surface area contributed by atoms with Crippen LogP contribution in [0.25, 0.3) is 5.65 Å². The number of rotatable bonds is 5. The first kappa shape index (κ1) is 18.1. The topological polar surface area (TPSA) is 86.8 Å². The summed E-state index contributed by atoms with van der Waals surface area (Å²) in [6.45, 7) is 7.13. The first-order valence-electron chi connectivity index (χ1n) is 9.69. The molecule has 0 unspecified atom stereocenters. The van der Waals surface area contributed by atoms with Crippen molar-refractivity contribution in [1.82, 2.24) is 34.8 Å². The van der Waals surface area contributed by atoms with Gasteiger partial charge in [-0.3, -0.25) is 9.39 Å². The molecule has 3 aromatic rings. The molecule has 1 N–H and O–H groups in total. The van der Waals surface area contributed by atoms with E-state index < -0.39 is 0 Å². The summed E-state index contributed by atoms with van der Waals surface area (Å²) in [4.78, 5) is 18.0. The third-order valence-electron chi connectivity index (χ3n) is 4.73. The number of fused-ring (bicyclic) bond motifs is 1. The van der Waals surface area contributed by atoms with Gasteiger partial charge in [0.05, 0.1) is 0 Å². The van der Waals surface area contributed by atoms with Gasteiger partial charge in [0.2, 0.25) is 5.95 Å². The fraction of sp³-hybridized carbons (Fsp3) is 0.421. The van der Waals surface area contributed by atoms with Crippen molar-refractivity contribution in [1.29, 1.82) is 0 Å². The Balaban J connectivity index is 1.37. The van der Waals surface area contributed by atoms with E-state index in [0.29, 0.717) is 6.54 Å². The highest BCUT2D eigenvalue weighted by molar-refractivity contribution is 5.80. The molecule has 4 rings (SSSR count). The summed E-state index contributed by atoms with van der Waals surface area (Å²) in [7, 11) is 0. The van der Waals surface area contributed by atoms with E-state index >= 15 is 0 Å². The Bertz CT molecular complexity index is 913. The van der Waals surface area contributed by atoms with Crippen molar-refractivity contribution in [3.8, 4) is 0 Å². The lowest BCUT2D eigenvalue weighted by Gasteiger charge is -2.36. The Morgan fingerprint density at radius 1 is 1.07 bits per heavy atom. The fourth-order valence-corrected chi connectivity index (χ4v) is 3.32. The number of piperazine rings is 1. The smallest absolute Gasteiger partial charge is 0.225 e. The molecule has 0 radical (unpaired) electrons. The van der Waals surface area contributed by atoms with Crippen LogP contribution < -0.4 is 10.2 Å². The molecule has 1 saturated heterocycles. The molecule has 4 heterocycles. The molecule has 1 aliphatic heterocycles. The molecule has 146 valence electrons. The summed E-state index contributed by atoms with van der Waals surface area (Å²) < 4.78 is 2.01. The Labute approximate surface area is 164 Å². The number of hydrogen-bond donors (Lipinski definition) is 1. The molecule has 0 saturated carbocycles. The average Bonchev–Trinajstić information content (AvgIpc) is 3.17. The molecule has 0 amide bonds. The number of nitrogens with zero attached hydrogens (tertiary/aromatic N) is 8. The summed E-state index contributed by atoms with van der Waals surface area (Å²) >= 11 is 0. The monoisotopic (exact) mass is 379 g/mol. The van der Waals surface area contributed by atoms with Gasteiger partial charge in [-0.2, -0.15) is 0 Å². The van der Waals surface area contributed by atoms with Crippen LogP contribution in [0.5, 0.6) is 0 Å². The van der Waals surface area contributed by atoms with Crippen molar-refractivity contribution in [2.75, 3.05) is 44.2 Å². The molecule has 0 aromatic carbocycles. The lowest BCUT2D eigenvalue weighted by Crippen LogP contribution is -2.53. The van der Waals surface area contributed by atoms with Crippen LogP contribution in [0.4, 0.5) is 5.95 Å². The Hall–Kier alpha value is -3.23. The number of aromatic nitrogens is 5. The minimum Gasteiger partial charge on any atom is -0.357 e. The fourth-order valence-electron chi connectivity index (χ4n) is 3.32. The highest BCUT2D eigenvalue weighted by Gasteiger charge is 2.21. The van der Waals surface area contributed by atoms with Gasteiger partial charge in [0.15, 0.2) is 11.6 Å². The molecule has 3 aromatic heterocycles. The van der Waals surface area contributed by atoms with Crippen molar-refractivity contribution in [2.45, 2.75) is 13.3 Å². The zero-order valence-corrected chi connectivity index (χ0v) is 16.1. The van der Waals surface area contributed by atoms with Gasteiger partial charge in [0.25, 0.3) is 0 Å². The number of guanidine groups is 1. The van der Waals surface area contributed by atoms with Gasteiger partial charge >= 0.3 is 0 Å². The number of nitrogens with one attached hydrogen (secondary N) is 1. The number of aliphatic imine (C=N–C) groups is 1. The summed E-state index contributed by atoms with van der Waals surface area (Å²) in [5, 5.41) is 11.9. The second-order valence-electron chi connectivity index (χ2n) is 6.55. The van der Waals surface area contributed by atoms with Crippen molar-refractivity contribution < 1.29 is 0 Å². The van der Waals surface area contributed by atoms with Crippen molar-refractivity contribution >= 4 is 17.6 Å². The van der Waals surface area contributed by atoms with E-state index in [1.165, 1.54) is 0 Å². The summed E-state index contributed by atoms with van der Waals surface area (Å²) in [6, 6.07) is 7.76. The number of pyridine rings is 1. The lowest BCUT2D eigenvalue weighted by molar-refractivity contribution is 0.370. The maximum Gasteiger partial charge on any atom is 0.225 e. The van der Waals surface area contributed by atoms with E-state index in [9.17, 15) is 0 Å². The van der Waals surface area contributed by atoms with E-state index in [0.717, 1.165) is 62.5 Å². The van der Waals surface area contributed by atoms with E-state index in [4.69, 9.17) is 4.99 Å². The van der Waals surface area contributed by atoms with Crippen LogP contribution in [0.15, 0.2) is 47.8 Å². The predicted octanol–water partition coefficient (Wildman–Crippen LogP) is 0.849. The highest BCUT2D eigenvalue weighted by Crippen LogP contribution is 2.10. The molecule has 28 heavy (non-hydrogen) atoms. The molecule has 0 atom stereocenters. The van der Waals surface area contributed by atoms with Gasteiger partial charge in [-0.25, -0.2) is 9.97 Å². The van der Waals surface area contributed by atoms with Crippen LogP contribution in [0.1, 0.15) is 12.7 Å². The van der Waals surface area contributed by atoms with Gasteiger partial charge in [0.1, 0.15) is 5.82 Å². The number of anilines is 1. The van der Waals surface area contributed by atoms with Crippen LogP contribution in [-0.2, 0) is 6.42 Å². The first-order chi connectivity index (χ1) is 13.8. The van der Waals surface area contributed by atoms with Crippen LogP contribution >= 0.6 is 0 Å². The molecule has 9 heteroatoms. The Morgan fingerprint density at radius 3 is 2.68 bits per heavy atom. The maximum atomic E-state index is 4.82. The van der Waals surface area contributed by atoms with E-state index in [-0.39, 0.29) is 0 Å². The first-order valence-corrected chi connectivity index (χ1v) is 9.69. The quantitative estimate of drug-likeness (QED) is 0.519. The zero-order valence-electron chi connectivity index (χ0n) is 16.1. The molecular weight excluding hydrogens is 354 g/mol. The van der Waals surface area contributed by atoms with E-state index in [2.05, 4.69) is 42.2 Å². The van der Waals surface area contributed by atoms with Crippen LogP contribution in [0.2, 0.25) is 0 Å². The van der Waals surface area contributed by atoms with Crippen LogP contribution in [-0.4, -0.2) is 74.7 Å². The average molecular weight is 379 g/mol. The van der Waals surface area contributed by atoms with Gasteiger partial charge in [-0.05, 0) is 25.1 Å². The minimum absolute atomic E-state index is 0.667. The van der Waals surface area contributed by atoms with Crippen molar-refractivity contribution in [2.24, 2.45) is 4.99 Å². The van der Waals surface area contributed by atoms with Crippen molar-refractivity contribution in [3.63, 3.8) is 0 Å².